The molecule has 0 spiro atoms. The van der Waals surface area contributed by atoms with Crippen molar-refractivity contribution in [1.29, 1.82) is 0 Å². The molecule has 4 aromatic rings. The van der Waals surface area contributed by atoms with Crippen molar-refractivity contribution in [3.63, 3.8) is 0 Å². The zero-order chi connectivity index (χ0) is 33.8. The van der Waals surface area contributed by atoms with E-state index in [0.29, 0.717) is 28.9 Å². The molecule has 5 rings (SSSR count). The smallest absolute Gasteiger partial charge is 0.321 e. The molecule has 4 N–H and O–H groups in total. The largest absolute Gasteiger partial charge is 0.480 e. The summed E-state index contributed by atoms with van der Waals surface area (Å²) in [4.78, 5) is 47.3. The van der Waals surface area contributed by atoms with Crippen LogP contribution in [-0.2, 0) is 15.7 Å². The number of carbonyl (C=O) groups excluding carboxylic acids is 3. The molecule has 0 saturated heterocycles. The quantitative estimate of drug-likeness (QED) is 0.137. The lowest BCUT2D eigenvalue weighted by Crippen LogP contribution is -2.49. The van der Waals surface area contributed by atoms with Crippen LogP contribution in [0.4, 0.5) is 10.6 Å². The van der Waals surface area contributed by atoms with Crippen molar-refractivity contribution < 1.29 is 24.2 Å². The van der Waals surface area contributed by atoms with Crippen molar-refractivity contribution in [1.82, 2.24) is 35.2 Å². The van der Waals surface area contributed by atoms with E-state index in [1.165, 1.54) is 0 Å². The molecule has 0 radical (unpaired) electrons. The number of fused-ring (bicyclic) bond motifs is 2. The molecule has 47 heavy (non-hydrogen) atoms. The third-order valence-electron chi connectivity index (χ3n) is 8.11. The summed E-state index contributed by atoms with van der Waals surface area (Å²) >= 11 is 0. The van der Waals surface area contributed by atoms with Gasteiger partial charge in [-0.2, -0.15) is 0 Å². The van der Waals surface area contributed by atoms with Crippen LogP contribution in [0.5, 0.6) is 5.75 Å². The highest BCUT2D eigenvalue weighted by molar-refractivity contribution is 5.94. The van der Waals surface area contributed by atoms with Crippen LogP contribution < -0.4 is 20.7 Å². The van der Waals surface area contributed by atoms with Crippen LogP contribution in [0, 0.1) is 0 Å². The van der Waals surface area contributed by atoms with Gasteiger partial charge >= 0.3 is 6.03 Å². The zero-order valence-corrected chi connectivity index (χ0v) is 27.2. The third kappa shape index (κ3) is 6.99. The van der Waals surface area contributed by atoms with E-state index in [-0.39, 0.29) is 30.7 Å². The zero-order valence-electron chi connectivity index (χ0n) is 27.2. The van der Waals surface area contributed by atoms with Crippen LogP contribution in [0.25, 0.3) is 5.65 Å². The molecule has 2 atom stereocenters. The molecule has 0 saturated carbocycles. The number of benzene rings is 1. The van der Waals surface area contributed by atoms with E-state index in [1.54, 1.807) is 30.4 Å². The predicted molar refractivity (Wildman–Crippen MR) is 175 cm³/mol. The maximum Gasteiger partial charge on any atom is 0.321 e. The van der Waals surface area contributed by atoms with Crippen molar-refractivity contribution >= 4 is 29.7 Å². The standard InChI is InChI=1S/C34H40N8O5/c1-6-21(7-2)30-41-40-28-13-12-22(19-42(28)30)47-25-14-15-34(20-44,24-11-9-8-10-23(24)25)39-32(46)38-27-18-26(33(3,4)5)36-29(37-27)31(45)35-16-17-43/h8-15,18-21,25,43H,6-7,16-17H2,1-5H3,(H,35,45)(H2,36,37,38,39,46)/t25-,34-/m1/s1. The molecular formula is C34H40N8O5. The maximum atomic E-state index is 13.4. The third-order valence-corrected chi connectivity index (χ3v) is 8.11. The molecule has 3 heterocycles. The molecule has 0 unspecified atom stereocenters. The summed E-state index contributed by atoms with van der Waals surface area (Å²) in [5, 5.41) is 25.8. The number of rotatable bonds is 11. The number of anilines is 1. The van der Waals surface area contributed by atoms with Gasteiger partial charge in [-0.05, 0) is 42.7 Å². The Balaban J connectivity index is 1.40. The molecule has 0 aliphatic heterocycles. The Hall–Kier alpha value is -5.17. The Labute approximate surface area is 272 Å². The van der Waals surface area contributed by atoms with Gasteiger partial charge < -0.3 is 20.5 Å². The Bertz CT molecular complexity index is 1810. The fourth-order valence-corrected chi connectivity index (χ4v) is 5.52. The van der Waals surface area contributed by atoms with Crippen LogP contribution in [0.3, 0.4) is 0 Å². The van der Waals surface area contributed by atoms with Gasteiger partial charge in [0.2, 0.25) is 5.82 Å². The summed E-state index contributed by atoms with van der Waals surface area (Å²) in [6, 6.07) is 11.8. The lowest BCUT2D eigenvalue weighted by Gasteiger charge is -2.34. The van der Waals surface area contributed by atoms with E-state index in [0.717, 1.165) is 24.3 Å². The van der Waals surface area contributed by atoms with Crippen LogP contribution in [0.15, 0.2) is 60.8 Å². The van der Waals surface area contributed by atoms with Gasteiger partial charge in [-0.15, -0.1) is 10.2 Å². The second kappa shape index (κ2) is 13.7. The highest BCUT2D eigenvalue weighted by Gasteiger charge is 2.38. The van der Waals surface area contributed by atoms with E-state index in [4.69, 9.17) is 9.84 Å². The molecule has 246 valence electrons. The van der Waals surface area contributed by atoms with Crippen LogP contribution in [-0.4, -0.2) is 61.0 Å². The summed E-state index contributed by atoms with van der Waals surface area (Å²) in [7, 11) is 0. The molecule has 1 aliphatic carbocycles. The first-order valence-corrected chi connectivity index (χ1v) is 15.7. The molecule has 13 nitrogen and oxygen atoms in total. The summed E-state index contributed by atoms with van der Waals surface area (Å²) in [6.45, 7) is 9.76. The van der Waals surface area contributed by atoms with Gasteiger partial charge in [0.25, 0.3) is 5.91 Å². The molecular weight excluding hydrogens is 600 g/mol. The summed E-state index contributed by atoms with van der Waals surface area (Å²) in [5.41, 5.74) is 0.504. The van der Waals surface area contributed by atoms with Crippen molar-refractivity contribution in [2.24, 2.45) is 0 Å². The first kappa shape index (κ1) is 33.2. The number of aliphatic hydroxyl groups excluding tert-OH is 1. The minimum absolute atomic E-state index is 0.0259. The Morgan fingerprint density at radius 3 is 2.57 bits per heavy atom. The topological polar surface area (TPSA) is 173 Å². The maximum absolute atomic E-state index is 13.4. The number of nitrogens with one attached hydrogen (secondary N) is 3. The van der Waals surface area contributed by atoms with Gasteiger partial charge in [0, 0.05) is 29.5 Å². The molecule has 1 aliphatic rings. The number of nitrogens with zero attached hydrogens (tertiary/aromatic N) is 5. The molecule has 0 bridgehead atoms. The number of ether oxygens (including phenoxy) is 1. The summed E-state index contributed by atoms with van der Waals surface area (Å²) in [5.74, 6) is 1.05. The first-order chi connectivity index (χ1) is 22.5. The van der Waals surface area contributed by atoms with E-state index >= 15 is 0 Å². The Kier molecular flexibility index (Phi) is 9.66. The molecule has 0 fully saturated rings. The summed E-state index contributed by atoms with van der Waals surface area (Å²) < 4.78 is 8.38. The fourth-order valence-electron chi connectivity index (χ4n) is 5.52. The SMILES string of the molecule is CCC(CC)c1nnc2ccc(O[C@@H]3C=C[C@](C=O)(NC(=O)Nc4cc(C(C)(C)C)nc(C(=O)NCCO)n4)c4ccccc43)cn12. The average Bonchev–Trinajstić information content (AvgIpc) is 3.48. The van der Waals surface area contributed by atoms with Gasteiger partial charge in [0.1, 0.15) is 29.0 Å². The predicted octanol–water partition coefficient (Wildman–Crippen LogP) is 4.35. The molecule has 3 amide bonds. The number of pyridine rings is 1. The number of carbonyl (C=O) groups is 3. The monoisotopic (exact) mass is 640 g/mol. The number of amides is 3. The van der Waals surface area contributed by atoms with E-state index in [2.05, 4.69) is 50.0 Å². The first-order valence-electron chi connectivity index (χ1n) is 15.7. The van der Waals surface area contributed by atoms with E-state index in [9.17, 15) is 14.4 Å². The number of hydrogen-bond donors (Lipinski definition) is 4. The lowest BCUT2D eigenvalue weighted by molar-refractivity contribution is -0.111. The highest BCUT2D eigenvalue weighted by atomic mass is 16.5. The number of urea groups is 1. The van der Waals surface area contributed by atoms with Crippen molar-refractivity contribution in [2.75, 3.05) is 18.5 Å². The van der Waals surface area contributed by atoms with Crippen LogP contribution >= 0.6 is 0 Å². The van der Waals surface area contributed by atoms with E-state index in [1.807, 2.05) is 55.6 Å². The van der Waals surface area contributed by atoms with Gasteiger partial charge in [-0.3, -0.25) is 19.3 Å². The number of aldehydes is 1. The second-order valence-corrected chi connectivity index (χ2v) is 12.4. The minimum Gasteiger partial charge on any atom is -0.480 e. The Morgan fingerprint density at radius 2 is 1.87 bits per heavy atom. The van der Waals surface area contributed by atoms with Crippen LogP contribution in [0.2, 0.25) is 0 Å². The fraction of sp³-hybridized carbons (Fsp3) is 0.382. The summed E-state index contributed by atoms with van der Waals surface area (Å²) in [6.07, 6.45) is 7.20. The van der Waals surface area contributed by atoms with Crippen molar-refractivity contribution in [3.05, 3.63) is 89.3 Å². The average molecular weight is 641 g/mol. The van der Waals surface area contributed by atoms with Crippen molar-refractivity contribution in [3.8, 4) is 5.75 Å². The second-order valence-electron chi connectivity index (χ2n) is 12.4. The number of aliphatic hydroxyl groups is 1. The Morgan fingerprint density at radius 1 is 1.11 bits per heavy atom. The van der Waals surface area contributed by atoms with Gasteiger partial charge in [0.05, 0.1) is 18.5 Å². The number of hydrogen-bond acceptors (Lipinski definition) is 9. The molecule has 13 heteroatoms. The van der Waals surface area contributed by atoms with Gasteiger partial charge in [0.15, 0.2) is 11.9 Å². The number of aromatic nitrogens is 5. The van der Waals surface area contributed by atoms with Gasteiger partial charge in [-0.25, -0.2) is 14.8 Å². The van der Waals surface area contributed by atoms with Gasteiger partial charge in [-0.1, -0.05) is 58.9 Å². The minimum atomic E-state index is -1.51. The molecule has 1 aromatic carbocycles. The lowest BCUT2D eigenvalue weighted by atomic mass is 9.81. The van der Waals surface area contributed by atoms with E-state index < -0.39 is 29.0 Å². The van der Waals surface area contributed by atoms with Crippen molar-refractivity contribution in [2.45, 2.75) is 70.4 Å². The molecule has 3 aromatic heterocycles. The normalized spacial score (nSPS) is 17.3. The van der Waals surface area contributed by atoms with Crippen LogP contribution in [0.1, 0.15) is 92.7 Å². The highest BCUT2D eigenvalue weighted by Crippen LogP contribution is 2.37.